The van der Waals surface area contributed by atoms with Gasteiger partial charge in [-0.05, 0) is 50.3 Å². The molecule has 1 aromatic carbocycles. The molecule has 0 atom stereocenters. The number of hydrogen-bond acceptors (Lipinski definition) is 5. The predicted octanol–water partition coefficient (Wildman–Crippen LogP) is 5.55. The Morgan fingerprint density at radius 3 is 2.67 bits per heavy atom. The van der Waals surface area contributed by atoms with Gasteiger partial charge < -0.3 is 19.1 Å². The molecular formula is C28H36N2O3. The number of para-hydroxylation sites is 1. The Morgan fingerprint density at radius 1 is 1.03 bits per heavy atom. The number of piperazine rings is 1. The summed E-state index contributed by atoms with van der Waals surface area (Å²) in [6.45, 7) is 9.69. The molecule has 33 heavy (non-hydrogen) atoms. The maximum Gasteiger partial charge on any atom is 0.231 e. The van der Waals surface area contributed by atoms with Gasteiger partial charge in [-0.1, -0.05) is 48.1 Å². The molecule has 0 unspecified atom stereocenters. The average molecular weight is 449 g/mol. The van der Waals surface area contributed by atoms with E-state index in [1.807, 2.05) is 24.3 Å². The number of hydrogen-bond donors (Lipinski definition) is 0. The zero-order valence-electron chi connectivity index (χ0n) is 19.6. The van der Waals surface area contributed by atoms with Gasteiger partial charge in [-0.2, -0.15) is 0 Å². The fraction of sp³-hybridized carbons (Fsp3) is 0.429. The van der Waals surface area contributed by atoms with Crippen molar-refractivity contribution in [3.8, 4) is 5.75 Å². The second kappa shape index (κ2) is 12.4. The lowest BCUT2D eigenvalue weighted by Crippen LogP contribution is -2.46. The zero-order valence-corrected chi connectivity index (χ0v) is 19.6. The van der Waals surface area contributed by atoms with Gasteiger partial charge >= 0.3 is 0 Å². The lowest BCUT2D eigenvalue weighted by molar-refractivity contribution is 0.0817. The third-order valence-corrected chi connectivity index (χ3v) is 6.27. The number of rotatable bonds is 11. The first kappa shape index (κ1) is 23.2. The fourth-order valence-electron chi connectivity index (χ4n) is 4.34. The van der Waals surface area contributed by atoms with Crippen molar-refractivity contribution in [3.05, 3.63) is 90.5 Å². The second-order valence-corrected chi connectivity index (χ2v) is 8.73. The smallest absolute Gasteiger partial charge is 0.231 e. The highest BCUT2D eigenvalue weighted by atomic mass is 16.6. The van der Waals surface area contributed by atoms with Crippen molar-refractivity contribution in [3.63, 3.8) is 0 Å². The Balaban J connectivity index is 1.10. The molecule has 176 valence electrons. The minimum Gasteiger partial charge on any atom is -0.493 e. The molecule has 0 N–H and O–H groups in total. The molecule has 0 bridgehead atoms. The van der Waals surface area contributed by atoms with Gasteiger partial charge in [0.25, 0.3) is 0 Å². The van der Waals surface area contributed by atoms with Gasteiger partial charge in [-0.25, -0.2) is 0 Å². The summed E-state index contributed by atoms with van der Waals surface area (Å²) in [6.07, 6.45) is 18.1. The molecule has 0 spiro atoms. The molecule has 1 aliphatic carbocycles. The van der Waals surface area contributed by atoms with Crippen molar-refractivity contribution in [2.75, 3.05) is 39.3 Å². The lowest BCUT2D eigenvalue weighted by atomic mass is 10.0. The molecule has 0 aromatic heterocycles. The largest absolute Gasteiger partial charge is 0.493 e. The minimum absolute atomic E-state index is 0.758. The highest BCUT2D eigenvalue weighted by Gasteiger charge is 2.22. The van der Waals surface area contributed by atoms with Crippen LogP contribution < -0.4 is 4.74 Å². The van der Waals surface area contributed by atoms with Gasteiger partial charge in [0.15, 0.2) is 6.26 Å². The first-order valence-electron chi connectivity index (χ1n) is 12.2. The van der Waals surface area contributed by atoms with E-state index in [0.29, 0.717) is 0 Å². The van der Waals surface area contributed by atoms with Crippen LogP contribution in [-0.2, 0) is 15.9 Å². The van der Waals surface area contributed by atoms with Crippen molar-refractivity contribution in [1.29, 1.82) is 0 Å². The van der Waals surface area contributed by atoms with E-state index >= 15 is 0 Å². The Kier molecular flexibility index (Phi) is 8.70. The maximum atomic E-state index is 6.01. The summed E-state index contributed by atoms with van der Waals surface area (Å²) < 4.78 is 17.8. The van der Waals surface area contributed by atoms with Crippen molar-refractivity contribution >= 4 is 0 Å². The Labute approximate surface area is 198 Å². The fourth-order valence-corrected chi connectivity index (χ4v) is 4.34. The molecule has 2 aliphatic heterocycles. The van der Waals surface area contributed by atoms with Gasteiger partial charge in [-0.15, -0.1) is 6.58 Å². The topological polar surface area (TPSA) is 34.2 Å². The number of unbranched alkanes of at least 4 members (excludes halogenated alkanes) is 1. The summed E-state index contributed by atoms with van der Waals surface area (Å²) in [7, 11) is 0. The van der Waals surface area contributed by atoms with E-state index in [1.165, 1.54) is 11.1 Å². The highest BCUT2D eigenvalue weighted by Crippen LogP contribution is 2.25. The van der Waals surface area contributed by atoms with Crippen molar-refractivity contribution in [2.24, 2.45) is 0 Å². The molecule has 3 aliphatic rings. The van der Waals surface area contributed by atoms with E-state index < -0.39 is 0 Å². The first-order chi connectivity index (χ1) is 16.3. The van der Waals surface area contributed by atoms with E-state index in [4.69, 9.17) is 14.2 Å². The number of benzene rings is 1. The van der Waals surface area contributed by atoms with Gasteiger partial charge in [0.1, 0.15) is 17.8 Å². The third-order valence-electron chi connectivity index (χ3n) is 6.27. The molecule has 0 radical (unpaired) electrons. The van der Waals surface area contributed by atoms with Crippen LogP contribution in [0.1, 0.15) is 37.7 Å². The minimum atomic E-state index is 0.758. The molecule has 1 saturated heterocycles. The van der Waals surface area contributed by atoms with Gasteiger partial charge in [-0.3, -0.25) is 4.90 Å². The molecule has 1 fully saturated rings. The van der Waals surface area contributed by atoms with E-state index in [2.05, 4.69) is 40.7 Å². The van der Waals surface area contributed by atoms with Crippen molar-refractivity contribution in [2.45, 2.75) is 38.5 Å². The molecule has 0 saturated carbocycles. The summed E-state index contributed by atoms with van der Waals surface area (Å²) in [4.78, 5) is 4.79. The standard InChI is InChI=1S/C28H36N2O3/c1-2-10-25-13-6-7-14-27(25)31-20-9-8-15-29-16-18-30(19-17-29)28-23-32-26(22-33-28)21-24-11-4-3-5-12-24/h2-4,6-7,11,13-14,22-23H,1,5,8-10,12,15-21H2. The summed E-state index contributed by atoms with van der Waals surface area (Å²) in [5.41, 5.74) is 2.60. The molecular weight excluding hydrogens is 412 g/mol. The second-order valence-electron chi connectivity index (χ2n) is 8.73. The van der Waals surface area contributed by atoms with Gasteiger partial charge in [0, 0.05) is 32.6 Å². The third kappa shape index (κ3) is 7.03. The average Bonchev–Trinajstić information content (AvgIpc) is 2.86. The highest BCUT2D eigenvalue weighted by molar-refractivity contribution is 5.34. The molecule has 0 amide bonds. The van der Waals surface area contributed by atoms with Crippen molar-refractivity contribution in [1.82, 2.24) is 9.80 Å². The first-order valence-corrected chi connectivity index (χ1v) is 12.2. The quantitative estimate of drug-likeness (QED) is 0.328. The number of allylic oxidation sites excluding steroid dienone is 5. The molecule has 5 nitrogen and oxygen atoms in total. The van der Waals surface area contributed by atoms with Crippen LogP contribution in [0.3, 0.4) is 0 Å². The summed E-state index contributed by atoms with van der Waals surface area (Å²) in [6, 6.07) is 8.23. The van der Waals surface area contributed by atoms with Crippen LogP contribution in [0.25, 0.3) is 0 Å². The van der Waals surface area contributed by atoms with E-state index in [0.717, 1.165) is 95.2 Å². The van der Waals surface area contributed by atoms with Crippen LogP contribution >= 0.6 is 0 Å². The zero-order chi connectivity index (χ0) is 22.7. The van der Waals surface area contributed by atoms with Gasteiger partial charge in [0.05, 0.1) is 6.61 Å². The van der Waals surface area contributed by atoms with Crippen LogP contribution in [-0.4, -0.2) is 49.1 Å². The van der Waals surface area contributed by atoms with Crippen LogP contribution in [0.5, 0.6) is 5.75 Å². The van der Waals surface area contributed by atoms with Crippen LogP contribution in [0, 0.1) is 0 Å². The van der Waals surface area contributed by atoms with E-state index in [1.54, 1.807) is 12.5 Å². The number of ether oxygens (including phenoxy) is 3. The summed E-state index contributed by atoms with van der Waals surface area (Å²) >= 11 is 0. The van der Waals surface area contributed by atoms with E-state index in [-0.39, 0.29) is 0 Å². The Morgan fingerprint density at radius 2 is 1.91 bits per heavy atom. The van der Waals surface area contributed by atoms with Crippen molar-refractivity contribution < 1.29 is 14.2 Å². The van der Waals surface area contributed by atoms with Crippen LogP contribution in [0.4, 0.5) is 0 Å². The predicted molar refractivity (Wildman–Crippen MR) is 132 cm³/mol. The van der Waals surface area contributed by atoms with Crippen LogP contribution in [0.2, 0.25) is 0 Å². The summed E-state index contributed by atoms with van der Waals surface area (Å²) in [5.74, 6) is 2.69. The maximum absolute atomic E-state index is 6.01. The molecule has 5 heteroatoms. The summed E-state index contributed by atoms with van der Waals surface area (Å²) in [5, 5.41) is 0. The van der Waals surface area contributed by atoms with E-state index in [9.17, 15) is 0 Å². The lowest BCUT2D eigenvalue weighted by Gasteiger charge is -2.36. The SMILES string of the molecule is C=CCc1ccccc1OCCCCN1CCN(C2=COC(CC3=CC=CCC3)=CO2)CC1. The Bertz CT molecular complexity index is 907. The molecule has 2 heterocycles. The van der Waals surface area contributed by atoms with Crippen LogP contribution in [0.15, 0.2) is 84.9 Å². The number of nitrogens with zero attached hydrogens (tertiary/aromatic N) is 2. The Hall–Kier alpha value is -2.92. The molecule has 4 rings (SSSR count). The van der Waals surface area contributed by atoms with Gasteiger partial charge in [0.2, 0.25) is 5.88 Å². The normalized spacial score (nSPS) is 18.5. The monoisotopic (exact) mass is 448 g/mol. The molecule has 1 aromatic rings.